The molecule has 6 aliphatic rings. The molecule has 0 aliphatic heterocycles. The number of halogens is 1. The minimum absolute atomic E-state index is 0. The van der Waals surface area contributed by atoms with Crippen LogP contribution in [0.5, 0.6) is 0 Å². The van der Waals surface area contributed by atoms with Gasteiger partial charge < -0.3 is 4.79 Å². The zero-order valence-electron chi connectivity index (χ0n) is 31.9. The summed E-state index contributed by atoms with van der Waals surface area (Å²) in [5.41, 5.74) is 10.6. The maximum atomic E-state index is 8.00. The van der Waals surface area contributed by atoms with Crippen molar-refractivity contribution >= 4 is 40.3 Å². The predicted octanol–water partition coefficient (Wildman–Crippen LogP) is 15.4. The van der Waals surface area contributed by atoms with Crippen LogP contribution in [0.4, 0.5) is 0 Å². The third-order valence-corrected chi connectivity index (χ3v) is 21.3. The van der Waals surface area contributed by atoms with Gasteiger partial charge in [-0.3, -0.25) is 0 Å². The molecular formula is C45H74ClOP2Ru. The quantitative estimate of drug-likeness (QED) is 0.152. The molecule has 0 unspecified atom stereocenters. The molecule has 1 aromatic carbocycles. The van der Waals surface area contributed by atoms with Gasteiger partial charge >= 0.3 is 19.5 Å². The van der Waals surface area contributed by atoms with E-state index in [-0.39, 0.29) is 19.5 Å². The van der Waals surface area contributed by atoms with Crippen molar-refractivity contribution < 1.29 is 24.3 Å². The second-order valence-electron chi connectivity index (χ2n) is 16.3. The molecule has 0 heterocycles. The molecule has 0 N–H and O–H groups in total. The van der Waals surface area contributed by atoms with Gasteiger partial charge in [0, 0.05) is 0 Å². The topological polar surface area (TPSA) is 17.1 Å². The second kappa shape index (κ2) is 27.9. The molecule has 1 radical (unpaired) electrons. The minimum atomic E-state index is 0. The number of carbonyl (C=O) groups excluding carboxylic acids is 1. The smallest absolute Gasteiger partial charge is 0.307 e. The number of hydrogen-bond acceptors (Lipinski definition) is 1. The minimum Gasteiger partial charge on any atom is -0.307 e. The van der Waals surface area contributed by atoms with Gasteiger partial charge in [-0.2, -0.15) is 11.1 Å². The van der Waals surface area contributed by atoms with E-state index in [4.69, 9.17) is 16.4 Å². The molecule has 7 rings (SSSR count). The predicted molar refractivity (Wildman–Crippen MR) is 222 cm³/mol. The van der Waals surface area contributed by atoms with Gasteiger partial charge in [0.1, 0.15) is 6.79 Å². The Morgan fingerprint density at radius 1 is 0.440 bits per heavy atom. The van der Waals surface area contributed by atoms with Gasteiger partial charge in [-0.05, 0) is 111 Å². The Morgan fingerprint density at radius 2 is 0.660 bits per heavy atom. The monoisotopic (exact) mass is 829 g/mol. The van der Waals surface area contributed by atoms with E-state index in [1.807, 2.05) is 37.1 Å². The molecule has 1 nitrogen and oxygen atoms in total. The average molecular weight is 830 g/mol. The largest absolute Gasteiger partial charge is 1.00 e. The van der Waals surface area contributed by atoms with Crippen molar-refractivity contribution in [2.75, 3.05) is 0 Å². The third kappa shape index (κ3) is 15.6. The first-order chi connectivity index (χ1) is 24.3. The van der Waals surface area contributed by atoms with Crippen LogP contribution in [0.3, 0.4) is 0 Å². The van der Waals surface area contributed by atoms with Crippen LogP contribution in [0.15, 0.2) is 30.3 Å². The number of hydrogen-bond donors (Lipinski definition) is 0. The first-order valence-corrected chi connectivity index (χ1v) is 24.9. The SMILES string of the molecule is C1CCC(P(C2CCCCC2)C2CCCCC2)CC1.C1CCC(P(C2CCCCC2)C2CCCCC2)CC1.C=O.Cl[C-]=Cc1ccccc1.[Ru+]. The van der Waals surface area contributed by atoms with Crippen molar-refractivity contribution in [2.24, 2.45) is 0 Å². The summed E-state index contributed by atoms with van der Waals surface area (Å²) in [7, 11) is 0.770. The van der Waals surface area contributed by atoms with Crippen LogP contribution in [-0.2, 0) is 24.3 Å². The summed E-state index contributed by atoms with van der Waals surface area (Å²) in [5, 5.41) is 0. The van der Waals surface area contributed by atoms with Crippen molar-refractivity contribution in [3.05, 3.63) is 41.4 Å². The molecule has 1 aromatic rings. The van der Waals surface area contributed by atoms with E-state index in [2.05, 4.69) is 5.54 Å². The average Bonchev–Trinajstić information content (AvgIpc) is 3.20. The molecule has 0 aromatic heterocycles. The van der Waals surface area contributed by atoms with Crippen molar-refractivity contribution in [3.8, 4) is 0 Å². The maximum Gasteiger partial charge on any atom is 1.00 e. The number of benzene rings is 1. The first-order valence-electron chi connectivity index (χ1n) is 21.4. The summed E-state index contributed by atoms with van der Waals surface area (Å²) < 4.78 is 0. The Bertz CT molecular complexity index is 817. The van der Waals surface area contributed by atoms with E-state index in [9.17, 15) is 0 Å². The molecule has 0 spiro atoms. The fourth-order valence-corrected chi connectivity index (χ4v) is 20.1. The summed E-state index contributed by atoms with van der Waals surface area (Å²) in [5.74, 6) is 0. The summed E-state index contributed by atoms with van der Waals surface area (Å²) in [6.45, 7) is 2.00. The Kier molecular flexibility index (Phi) is 25.0. The molecule has 6 fully saturated rings. The second-order valence-corrected chi connectivity index (χ2v) is 22.7. The number of carbonyl (C=O) groups is 1. The van der Waals surface area contributed by atoms with E-state index >= 15 is 0 Å². The zero-order chi connectivity index (χ0) is 34.4. The summed E-state index contributed by atoms with van der Waals surface area (Å²) in [6.07, 6.45) is 49.0. The fraction of sp³-hybridized carbons (Fsp3) is 0.800. The van der Waals surface area contributed by atoms with Crippen LogP contribution in [0, 0.1) is 5.54 Å². The van der Waals surface area contributed by atoms with Crippen molar-refractivity contribution in [2.45, 2.75) is 227 Å². The van der Waals surface area contributed by atoms with Crippen molar-refractivity contribution in [1.82, 2.24) is 0 Å². The van der Waals surface area contributed by atoms with Crippen LogP contribution in [-0.4, -0.2) is 40.7 Å². The summed E-state index contributed by atoms with van der Waals surface area (Å²) in [4.78, 5) is 8.00. The van der Waals surface area contributed by atoms with E-state index in [1.165, 1.54) is 72.5 Å². The summed E-state index contributed by atoms with van der Waals surface area (Å²) in [6, 6.07) is 9.82. The molecule has 0 saturated heterocycles. The van der Waals surface area contributed by atoms with Gasteiger partial charge in [0.25, 0.3) is 0 Å². The molecular weight excluding hydrogens is 755 g/mol. The maximum absolute atomic E-state index is 8.00. The van der Waals surface area contributed by atoms with E-state index in [1.54, 1.807) is 160 Å². The van der Waals surface area contributed by atoms with Gasteiger partial charge in [-0.25, -0.2) is 17.7 Å². The Labute approximate surface area is 330 Å². The van der Waals surface area contributed by atoms with Crippen molar-refractivity contribution in [1.29, 1.82) is 0 Å². The van der Waals surface area contributed by atoms with Crippen LogP contribution in [0.25, 0.3) is 6.08 Å². The molecule has 0 amide bonds. The van der Waals surface area contributed by atoms with Crippen LogP contribution < -0.4 is 0 Å². The van der Waals surface area contributed by atoms with Crippen LogP contribution in [0.1, 0.15) is 198 Å². The Hall–Kier alpha value is 0.403. The van der Waals surface area contributed by atoms with Gasteiger partial charge in [0.15, 0.2) is 0 Å². The van der Waals surface area contributed by atoms with Crippen molar-refractivity contribution in [3.63, 3.8) is 0 Å². The number of rotatable bonds is 7. The van der Waals surface area contributed by atoms with Gasteiger partial charge in [0.2, 0.25) is 0 Å². The van der Waals surface area contributed by atoms with Gasteiger partial charge in [-0.1, -0.05) is 150 Å². The van der Waals surface area contributed by atoms with Gasteiger partial charge in [-0.15, -0.1) is 12.1 Å². The molecule has 0 bridgehead atoms. The normalized spacial score (nSPS) is 23.9. The molecule has 50 heavy (non-hydrogen) atoms. The Balaban J connectivity index is 0.000000207. The summed E-state index contributed by atoms with van der Waals surface area (Å²) >= 11 is 5.23. The fourth-order valence-electron chi connectivity index (χ4n) is 10.7. The van der Waals surface area contributed by atoms with E-state index in [0.29, 0.717) is 15.8 Å². The molecule has 6 saturated carbocycles. The van der Waals surface area contributed by atoms with Crippen LogP contribution in [0.2, 0.25) is 0 Å². The van der Waals surface area contributed by atoms with Crippen LogP contribution >= 0.6 is 27.4 Å². The van der Waals surface area contributed by atoms with E-state index < -0.39 is 0 Å². The van der Waals surface area contributed by atoms with Gasteiger partial charge in [0.05, 0.1) is 0 Å². The molecule has 285 valence electrons. The van der Waals surface area contributed by atoms with E-state index in [0.717, 1.165) is 5.56 Å². The molecule has 5 heteroatoms. The molecule has 6 aliphatic carbocycles. The molecule has 0 atom stereocenters. The standard InChI is InChI=1S/2C18H33P.C8H6Cl.CH2O.Ru/c2*1-4-10-16(11-5-1)19(17-12-6-2-7-13-17)18-14-8-3-9-15-18;9-7-6-8-4-2-1-3-5-8;1-2;/h2*16-18H,1-15H2;1-6H;1H2;/q;;-1;;+1. The Morgan fingerprint density at radius 3 is 0.860 bits per heavy atom. The first kappa shape index (κ1) is 44.8. The zero-order valence-corrected chi connectivity index (χ0v) is 36.2. The third-order valence-electron chi connectivity index (χ3n) is 13.0.